The Hall–Kier alpha value is -4.05. The predicted octanol–water partition coefficient (Wildman–Crippen LogP) is 4.49. The zero-order valence-corrected chi connectivity index (χ0v) is 23.2. The number of anilines is 2. The molecule has 0 unspecified atom stereocenters. The number of halogens is 1. The van der Waals surface area contributed by atoms with Gasteiger partial charge < -0.3 is 4.90 Å². The number of fused-ring (bicyclic) bond motifs is 1. The molecule has 194 valence electrons. The molecule has 0 spiro atoms. The molecule has 2 aliphatic rings. The number of nitrogens with one attached hydrogen (secondary N) is 1. The average Bonchev–Trinajstić information content (AvgIpc) is 3.56. The maximum atomic E-state index is 14.0. The molecular weight excluding hydrogens is 550 g/mol. The van der Waals surface area contributed by atoms with Crippen LogP contribution in [-0.4, -0.2) is 23.4 Å². The van der Waals surface area contributed by atoms with E-state index in [0.717, 1.165) is 15.6 Å². The molecule has 1 amide bonds. The highest BCUT2D eigenvalue weighted by Crippen LogP contribution is 2.46. The van der Waals surface area contributed by atoms with E-state index in [9.17, 15) is 9.59 Å². The summed E-state index contributed by atoms with van der Waals surface area (Å²) in [5.74, 6) is 0.0714. The van der Waals surface area contributed by atoms with Crippen molar-refractivity contribution in [3.63, 3.8) is 0 Å². The summed E-state index contributed by atoms with van der Waals surface area (Å²) in [4.78, 5) is 35.6. The maximum absolute atomic E-state index is 14.0. The summed E-state index contributed by atoms with van der Waals surface area (Å²) in [6.45, 7) is 4.10. The van der Waals surface area contributed by atoms with Crippen molar-refractivity contribution in [1.82, 2.24) is 9.99 Å². The highest BCUT2D eigenvalue weighted by Gasteiger charge is 2.36. The number of amidine groups is 1. The molecule has 2 aliphatic heterocycles. The van der Waals surface area contributed by atoms with E-state index in [1.807, 2.05) is 90.8 Å². The van der Waals surface area contributed by atoms with E-state index >= 15 is 0 Å². The van der Waals surface area contributed by atoms with Crippen LogP contribution in [0.4, 0.5) is 17.1 Å². The van der Waals surface area contributed by atoms with Crippen LogP contribution in [0.25, 0.3) is 10.6 Å². The fourth-order valence-corrected chi connectivity index (χ4v) is 7.08. The summed E-state index contributed by atoms with van der Waals surface area (Å²) in [7, 11) is 1.91. The molecule has 7 nitrogen and oxygen atoms in total. The molecule has 1 saturated heterocycles. The molecule has 1 N–H and O–H groups in total. The largest absolute Gasteiger partial charge is 0.337 e. The van der Waals surface area contributed by atoms with Gasteiger partial charge in [-0.2, -0.15) is 0 Å². The fourth-order valence-electron chi connectivity index (χ4n) is 4.44. The van der Waals surface area contributed by atoms with Crippen molar-refractivity contribution in [2.75, 3.05) is 17.0 Å². The van der Waals surface area contributed by atoms with E-state index in [0.29, 0.717) is 37.0 Å². The number of hydrazine groups is 1. The fraction of sp³-hybridized carbons (Fsp3) is 0.0690. The van der Waals surface area contributed by atoms with Gasteiger partial charge in [-0.1, -0.05) is 65.8 Å². The number of hydrogen-bond donors (Lipinski definition) is 1. The van der Waals surface area contributed by atoms with Crippen LogP contribution in [0.1, 0.15) is 0 Å². The summed E-state index contributed by atoms with van der Waals surface area (Å²) >= 11 is 9.04. The van der Waals surface area contributed by atoms with Crippen molar-refractivity contribution in [2.24, 2.45) is 4.99 Å². The molecule has 1 fully saturated rings. The number of rotatable bonds is 4. The number of carbonyl (C=O) groups is 1. The quantitative estimate of drug-likeness (QED) is 0.366. The van der Waals surface area contributed by atoms with Crippen LogP contribution >= 0.6 is 34.7 Å². The number of nitrogens with zero attached hydrogens (tertiary/aromatic N) is 4. The molecule has 6 rings (SSSR count). The van der Waals surface area contributed by atoms with Crippen molar-refractivity contribution in [1.29, 1.82) is 0 Å². The van der Waals surface area contributed by atoms with Gasteiger partial charge in [0.25, 0.3) is 11.5 Å². The van der Waals surface area contributed by atoms with Crippen molar-refractivity contribution in [3.05, 3.63) is 116 Å². The van der Waals surface area contributed by atoms with Gasteiger partial charge >= 0.3 is 0 Å². The maximum Gasteiger partial charge on any atom is 0.283 e. The Morgan fingerprint density at radius 1 is 1.03 bits per heavy atom. The van der Waals surface area contributed by atoms with Crippen LogP contribution in [0.3, 0.4) is 0 Å². The van der Waals surface area contributed by atoms with Crippen molar-refractivity contribution < 1.29 is 4.79 Å². The lowest BCUT2D eigenvalue weighted by Crippen LogP contribution is -2.36. The van der Waals surface area contributed by atoms with Crippen LogP contribution in [-0.2, 0) is 11.3 Å². The molecule has 0 atom stereocenters. The van der Waals surface area contributed by atoms with Crippen LogP contribution < -0.4 is 30.1 Å². The summed E-state index contributed by atoms with van der Waals surface area (Å²) in [6.07, 6.45) is 1.66. The average molecular weight is 572 g/mol. The minimum Gasteiger partial charge on any atom is -0.337 e. The number of thioether (sulfide) groups is 1. The third kappa shape index (κ3) is 4.48. The Balaban J connectivity index is 1.62. The molecule has 0 aliphatic carbocycles. The van der Waals surface area contributed by atoms with Gasteiger partial charge in [0.15, 0.2) is 5.84 Å². The Morgan fingerprint density at radius 3 is 2.46 bits per heavy atom. The van der Waals surface area contributed by atoms with E-state index < -0.39 is 0 Å². The minimum absolute atomic E-state index is 0.194. The van der Waals surface area contributed by atoms with E-state index in [1.165, 1.54) is 28.1 Å². The second kappa shape index (κ2) is 10.3. The number of hydrogen-bond acceptors (Lipinski definition) is 6. The van der Waals surface area contributed by atoms with Gasteiger partial charge in [0.2, 0.25) is 0 Å². The zero-order chi connectivity index (χ0) is 27.1. The number of thiazole rings is 1. The number of para-hydroxylation sites is 2. The molecule has 39 heavy (non-hydrogen) atoms. The SMILES string of the molecule is C=CCn1c(=O)/c(=C2/Sc3ccc(Cl)cc3N2C)s/c1=C1/C(=O)N(c2ccccc2)NC1=Nc1ccccc1. The highest BCUT2D eigenvalue weighted by molar-refractivity contribution is 8.08. The number of aliphatic imine (C=N–C) groups is 1. The molecule has 0 bridgehead atoms. The van der Waals surface area contributed by atoms with Crippen molar-refractivity contribution in [3.8, 4) is 0 Å². The summed E-state index contributed by atoms with van der Waals surface area (Å²) in [6, 6.07) is 24.4. The Morgan fingerprint density at radius 2 is 1.74 bits per heavy atom. The zero-order valence-electron chi connectivity index (χ0n) is 20.8. The topological polar surface area (TPSA) is 69.9 Å². The number of aromatic nitrogens is 1. The van der Waals surface area contributed by atoms with E-state index in [2.05, 4.69) is 12.0 Å². The normalized spacial score (nSPS) is 18.5. The van der Waals surface area contributed by atoms with Crippen molar-refractivity contribution >= 4 is 74.1 Å². The van der Waals surface area contributed by atoms with Crippen LogP contribution in [0.15, 0.2) is 106 Å². The molecule has 0 radical (unpaired) electrons. The Bertz CT molecular complexity index is 1830. The van der Waals surface area contributed by atoms with E-state index in [-0.39, 0.29) is 18.0 Å². The van der Waals surface area contributed by atoms with Gasteiger partial charge in [-0.3, -0.25) is 19.6 Å². The third-order valence-corrected chi connectivity index (χ3v) is 9.07. The van der Waals surface area contributed by atoms with Crippen LogP contribution in [0.5, 0.6) is 0 Å². The van der Waals surface area contributed by atoms with Crippen LogP contribution in [0, 0.1) is 0 Å². The van der Waals surface area contributed by atoms with Gasteiger partial charge in [0, 0.05) is 23.5 Å². The summed E-state index contributed by atoms with van der Waals surface area (Å²) in [5, 5.41) is 2.87. The molecule has 3 aromatic carbocycles. The monoisotopic (exact) mass is 571 g/mol. The number of benzene rings is 3. The Kier molecular flexibility index (Phi) is 6.64. The smallest absolute Gasteiger partial charge is 0.283 e. The lowest BCUT2D eigenvalue weighted by Gasteiger charge is -2.14. The molecule has 1 aromatic heterocycles. The minimum atomic E-state index is -0.297. The first-order chi connectivity index (χ1) is 19.0. The first kappa shape index (κ1) is 25.2. The third-order valence-electron chi connectivity index (χ3n) is 6.28. The molecule has 4 aromatic rings. The first-order valence-electron chi connectivity index (χ1n) is 12.1. The van der Waals surface area contributed by atoms with Gasteiger partial charge in [-0.05, 0) is 42.5 Å². The van der Waals surface area contributed by atoms with Gasteiger partial charge in [0.05, 0.1) is 17.1 Å². The molecule has 3 heterocycles. The Labute approximate surface area is 237 Å². The van der Waals surface area contributed by atoms with Gasteiger partial charge in [0.1, 0.15) is 19.8 Å². The highest BCUT2D eigenvalue weighted by atomic mass is 35.5. The number of amides is 1. The predicted molar refractivity (Wildman–Crippen MR) is 161 cm³/mol. The van der Waals surface area contributed by atoms with E-state index in [4.69, 9.17) is 16.6 Å². The van der Waals surface area contributed by atoms with Crippen molar-refractivity contribution in [2.45, 2.75) is 11.4 Å². The molecular formula is C29H22ClN5O2S2. The second-order valence-electron chi connectivity index (χ2n) is 8.78. The molecule has 0 saturated carbocycles. The lowest BCUT2D eigenvalue weighted by atomic mass is 10.2. The summed E-state index contributed by atoms with van der Waals surface area (Å²) in [5.41, 5.74) is 5.59. The first-order valence-corrected chi connectivity index (χ1v) is 14.1. The second-order valence-corrected chi connectivity index (χ2v) is 11.2. The molecule has 10 heteroatoms. The van der Waals surface area contributed by atoms with Crippen LogP contribution in [0.2, 0.25) is 5.02 Å². The van der Waals surface area contributed by atoms with E-state index in [1.54, 1.807) is 10.6 Å². The summed E-state index contributed by atoms with van der Waals surface area (Å²) < 4.78 is 2.63. The standard InChI is InChI=1S/C29H22ClN5O2S2/c1-3-16-34-27(37)24(29-33(2)21-17-18(30)14-15-22(21)38-29)39-28(34)23-25(31-19-10-6-4-7-11-19)32-35(26(23)36)20-12-8-5-9-13-20/h3-15,17H,1,16H2,2H3,(H,31,32)/b28-23+,29-24-. The van der Waals surface area contributed by atoms with Gasteiger partial charge in [-0.15, -0.1) is 17.9 Å². The number of allylic oxidation sites excluding steroid dienone is 1. The van der Waals surface area contributed by atoms with Gasteiger partial charge in [-0.25, -0.2) is 10.0 Å². The lowest BCUT2D eigenvalue weighted by molar-refractivity contribution is -0.113. The number of carbonyl (C=O) groups excluding carboxylic acids is 1.